The van der Waals surface area contributed by atoms with Crippen LogP contribution in [0.25, 0.3) is 10.2 Å². The summed E-state index contributed by atoms with van der Waals surface area (Å²) >= 11 is 1.49. The molecule has 0 spiro atoms. The van der Waals surface area contributed by atoms with E-state index in [1.807, 2.05) is 34.0 Å². The van der Waals surface area contributed by atoms with Gasteiger partial charge in [-0.2, -0.15) is 0 Å². The van der Waals surface area contributed by atoms with E-state index in [9.17, 15) is 13.2 Å². The van der Waals surface area contributed by atoms with E-state index in [0.717, 1.165) is 34.3 Å². The first-order valence-electron chi connectivity index (χ1n) is 10.3. The van der Waals surface area contributed by atoms with E-state index >= 15 is 0 Å². The number of carbonyl (C=O) groups is 1. The lowest BCUT2D eigenvalue weighted by Crippen LogP contribution is -2.33. The maximum absolute atomic E-state index is 13.5. The number of aryl methyl sites for hydroxylation is 2. The van der Waals surface area contributed by atoms with Gasteiger partial charge < -0.3 is 4.90 Å². The van der Waals surface area contributed by atoms with Gasteiger partial charge in [0.1, 0.15) is 0 Å². The molecule has 0 aliphatic carbocycles. The number of aromatic nitrogens is 1. The van der Waals surface area contributed by atoms with Crippen molar-refractivity contribution in [1.82, 2.24) is 9.88 Å². The molecule has 6 nitrogen and oxygen atoms in total. The van der Waals surface area contributed by atoms with Crippen molar-refractivity contribution in [2.45, 2.75) is 32.1 Å². The number of thiazole rings is 1. The Hall–Kier alpha value is -2.00. The van der Waals surface area contributed by atoms with E-state index in [0.29, 0.717) is 17.2 Å². The molecule has 2 aromatic carbocycles. The molecule has 1 amide bonds. The predicted octanol–water partition coefficient (Wildman–Crippen LogP) is 4.73. The highest BCUT2D eigenvalue weighted by atomic mass is 35.5. The van der Waals surface area contributed by atoms with Crippen LogP contribution in [-0.2, 0) is 9.84 Å². The quantitative estimate of drug-likeness (QED) is 0.452. The Morgan fingerprint density at radius 3 is 2.47 bits per heavy atom. The number of halogens is 1. The zero-order valence-corrected chi connectivity index (χ0v) is 21.5. The summed E-state index contributed by atoms with van der Waals surface area (Å²) in [6, 6.07) is 10.4. The normalized spacial score (nSPS) is 11.6. The monoisotopic (exact) mass is 495 g/mol. The standard InChI is InChI=1S/C23H29N3O3S2.ClH/c1-6-31(28,29)19-10-7-9-18(15-19)22(27)26(14-8-13-25(4)5)23-24-21-17(3)16(2)11-12-20(21)30-23;/h7,9-12,15H,6,8,13-14H2,1-5H3;1H. The number of nitrogens with zero attached hydrogens (tertiary/aromatic N) is 3. The lowest BCUT2D eigenvalue weighted by atomic mass is 10.1. The van der Waals surface area contributed by atoms with Crippen LogP contribution in [0.4, 0.5) is 5.13 Å². The molecule has 1 aromatic heterocycles. The fourth-order valence-electron chi connectivity index (χ4n) is 3.30. The van der Waals surface area contributed by atoms with Crippen LogP contribution in [0.3, 0.4) is 0 Å². The van der Waals surface area contributed by atoms with E-state index in [1.54, 1.807) is 24.0 Å². The third-order valence-electron chi connectivity index (χ3n) is 5.36. The average molecular weight is 496 g/mol. The molecule has 0 N–H and O–H groups in total. The van der Waals surface area contributed by atoms with Crippen LogP contribution >= 0.6 is 23.7 Å². The van der Waals surface area contributed by atoms with Crippen LogP contribution in [0.15, 0.2) is 41.3 Å². The third-order valence-corrected chi connectivity index (χ3v) is 8.13. The van der Waals surface area contributed by atoms with Gasteiger partial charge in [-0.25, -0.2) is 13.4 Å². The van der Waals surface area contributed by atoms with Crippen LogP contribution in [0.1, 0.15) is 34.8 Å². The Morgan fingerprint density at radius 1 is 1.09 bits per heavy atom. The first kappa shape index (κ1) is 26.3. The molecule has 0 aliphatic heterocycles. The lowest BCUT2D eigenvalue weighted by Gasteiger charge is -2.21. The molecule has 0 radical (unpaired) electrons. The summed E-state index contributed by atoms with van der Waals surface area (Å²) in [5.41, 5.74) is 3.53. The molecule has 0 saturated heterocycles. The molecule has 1 heterocycles. The van der Waals surface area contributed by atoms with E-state index in [-0.39, 0.29) is 29.0 Å². The molecule has 0 fully saturated rings. The molecule has 0 atom stereocenters. The van der Waals surface area contributed by atoms with Crippen LogP contribution < -0.4 is 4.90 Å². The minimum Gasteiger partial charge on any atom is -0.309 e. The Morgan fingerprint density at radius 2 is 1.81 bits per heavy atom. The molecule has 9 heteroatoms. The summed E-state index contributed by atoms with van der Waals surface area (Å²) in [5, 5.41) is 0.635. The van der Waals surface area contributed by atoms with Gasteiger partial charge in [0.25, 0.3) is 5.91 Å². The second-order valence-electron chi connectivity index (χ2n) is 7.90. The minimum atomic E-state index is -3.39. The van der Waals surface area contributed by atoms with Gasteiger partial charge in [0, 0.05) is 12.1 Å². The van der Waals surface area contributed by atoms with E-state index in [2.05, 4.69) is 11.0 Å². The van der Waals surface area contributed by atoms with Crippen LogP contribution in [0.5, 0.6) is 0 Å². The largest absolute Gasteiger partial charge is 0.309 e. The van der Waals surface area contributed by atoms with Gasteiger partial charge in [-0.1, -0.05) is 30.4 Å². The zero-order chi connectivity index (χ0) is 22.8. The molecule has 0 aliphatic rings. The Kier molecular flexibility index (Phi) is 8.82. The fourth-order valence-corrected chi connectivity index (χ4v) is 5.28. The van der Waals surface area contributed by atoms with E-state index < -0.39 is 9.84 Å². The van der Waals surface area contributed by atoms with Crippen LogP contribution in [0.2, 0.25) is 0 Å². The average Bonchev–Trinajstić information content (AvgIpc) is 3.18. The summed E-state index contributed by atoms with van der Waals surface area (Å²) < 4.78 is 25.7. The Bertz CT molecular complexity index is 1210. The van der Waals surface area contributed by atoms with E-state index in [1.165, 1.54) is 23.5 Å². The number of hydrogen-bond acceptors (Lipinski definition) is 6. The number of benzene rings is 2. The highest BCUT2D eigenvalue weighted by molar-refractivity contribution is 7.91. The smallest absolute Gasteiger partial charge is 0.260 e. The highest BCUT2D eigenvalue weighted by Crippen LogP contribution is 2.33. The first-order chi connectivity index (χ1) is 14.6. The van der Waals surface area contributed by atoms with Crippen molar-refractivity contribution in [3.8, 4) is 0 Å². The third kappa shape index (κ3) is 5.67. The number of carbonyl (C=O) groups excluding carboxylic acids is 1. The van der Waals surface area contributed by atoms with Gasteiger partial charge in [0.2, 0.25) is 0 Å². The zero-order valence-electron chi connectivity index (χ0n) is 19.1. The molecule has 174 valence electrons. The molecule has 0 unspecified atom stereocenters. The molecule has 32 heavy (non-hydrogen) atoms. The number of amides is 1. The number of rotatable bonds is 8. The number of fused-ring (bicyclic) bond motifs is 1. The van der Waals surface area contributed by atoms with Crippen molar-refractivity contribution >= 4 is 54.8 Å². The van der Waals surface area contributed by atoms with Gasteiger partial charge in [-0.3, -0.25) is 9.69 Å². The van der Waals surface area contributed by atoms with Gasteiger partial charge in [0.15, 0.2) is 15.0 Å². The van der Waals surface area contributed by atoms with Crippen molar-refractivity contribution in [2.24, 2.45) is 0 Å². The summed E-state index contributed by atoms with van der Waals surface area (Å²) in [6.07, 6.45) is 0.777. The Balaban J connectivity index is 0.00000363. The minimum absolute atomic E-state index is 0. The molecule has 3 rings (SSSR count). The van der Waals surface area contributed by atoms with Gasteiger partial charge >= 0.3 is 0 Å². The molecular weight excluding hydrogens is 466 g/mol. The van der Waals surface area contributed by atoms with Crippen molar-refractivity contribution in [1.29, 1.82) is 0 Å². The highest BCUT2D eigenvalue weighted by Gasteiger charge is 2.23. The van der Waals surface area contributed by atoms with Gasteiger partial charge in [-0.15, -0.1) is 12.4 Å². The lowest BCUT2D eigenvalue weighted by molar-refractivity contribution is 0.0986. The van der Waals surface area contributed by atoms with Crippen LogP contribution in [-0.4, -0.2) is 57.1 Å². The summed E-state index contributed by atoms with van der Waals surface area (Å²) in [6.45, 7) is 7.02. The van der Waals surface area contributed by atoms with Crippen molar-refractivity contribution in [3.63, 3.8) is 0 Å². The summed E-state index contributed by atoms with van der Waals surface area (Å²) in [5.74, 6) is -0.242. The van der Waals surface area contributed by atoms with Gasteiger partial charge in [-0.05, 0) is 76.3 Å². The van der Waals surface area contributed by atoms with Crippen LogP contribution in [0, 0.1) is 13.8 Å². The fraction of sp³-hybridized carbons (Fsp3) is 0.391. The summed E-state index contributed by atoms with van der Waals surface area (Å²) in [7, 11) is 0.596. The SMILES string of the molecule is CCS(=O)(=O)c1cccc(C(=O)N(CCCN(C)C)c2nc3c(C)c(C)ccc3s2)c1.Cl. The van der Waals surface area contributed by atoms with Crippen molar-refractivity contribution in [3.05, 3.63) is 53.1 Å². The number of anilines is 1. The molecule has 0 bridgehead atoms. The maximum atomic E-state index is 13.5. The first-order valence-corrected chi connectivity index (χ1v) is 12.8. The summed E-state index contributed by atoms with van der Waals surface area (Å²) in [4.78, 5) is 22.2. The van der Waals surface area contributed by atoms with E-state index in [4.69, 9.17) is 4.98 Å². The topological polar surface area (TPSA) is 70.6 Å². The van der Waals surface area contributed by atoms with Gasteiger partial charge in [0.05, 0.1) is 20.9 Å². The molecular formula is C23H30ClN3O3S2. The molecule has 0 saturated carbocycles. The predicted molar refractivity (Wildman–Crippen MR) is 135 cm³/mol. The number of sulfone groups is 1. The Labute approximate surface area is 200 Å². The van der Waals surface area contributed by atoms with Crippen molar-refractivity contribution < 1.29 is 13.2 Å². The second kappa shape index (κ2) is 10.7. The second-order valence-corrected chi connectivity index (χ2v) is 11.2. The maximum Gasteiger partial charge on any atom is 0.260 e. The molecule has 3 aromatic rings. The number of hydrogen-bond donors (Lipinski definition) is 0. The van der Waals surface area contributed by atoms with Crippen molar-refractivity contribution in [2.75, 3.05) is 37.8 Å².